The molecule has 1 unspecified atom stereocenters. The minimum Gasteiger partial charge on any atom is -0.378 e. The Hall–Kier alpha value is -0.950. The van der Waals surface area contributed by atoms with E-state index in [0.29, 0.717) is 59.7 Å². The van der Waals surface area contributed by atoms with E-state index in [9.17, 15) is 8.42 Å². The molecule has 11 atom stereocenters. The first-order valence-electron chi connectivity index (χ1n) is 17.2. The van der Waals surface area contributed by atoms with Crippen LogP contribution < -0.4 is 0 Å². The Morgan fingerprint density at radius 2 is 1.71 bits per heavy atom. The van der Waals surface area contributed by atoms with Crippen LogP contribution in [0.15, 0.2) is 35.2 Å². The molecule has 234 valence electrons. The van der Waals surface area contributed by atoms with Crippen LogP contribution in [0.1, 0.15) is 98.8 Å². The lowest BCUT2D eigenvalue weighted by Crippen LogP contribution is -2.57. The van der Waals surface area contributed by atoms with Crippen molar-refractivity contribution < 1.29 is 22.6 Å². The fourth-order valence-corrected chi connectivity index (χ4v) is 14.5. The fourth-order valence-electron chi connectivity index (χ4n) is 12.5. The molecule has 5 saturated carbocycles. The van der Waals surface area contributed by atoms with Crippen molar-refractivity contribution in [1.82, 2.24) is 0 Å². The molecule has 6 aliphatic rings. The molecule has 1 aliphatic heterocycles. The summed E-state index contributed by atoms with van der Waals surface area (Å²) < 4.78 is 46.8. The van der Waals surface area contributed by atoms with Gasteiger partial charge < -0.3 is 14.2 Å². The largest absolute Gasteiger partial charge is 0.378 e. The highest BCUT2D eigenvalue weighted by molar-refractivity contribution is 7.92. The molecule has 1 aromatic rings. The zero-order chi connectivity index (χ0) is 29.5. The number of fused-ring (bicyclic) bond motifs is 4. The van der Waals surface area contributed by atoms with Crippen LogP contribution in [-0.4, -0.2) is 45.4 Å². The zero-order valence-corrected chi connectivity index (χ0v) is 27.5. The molecule has 1 saturated heterocycles. The van der Waals surface area contributed by atoms with Gasteiger partial charge >= 0.3 is 0 Å². The van der Waals surface area contributed by atoms with Crippen LogP contribution in [0.4, 0.5) is 0 Å². The minimum absolute atomic E-state index is 0.269. The highest BCUT2D eigenvalue weighted by atomic mass is 32.2. The number of benzene rings is 1. The second-order valence-corrected chi connectivity index (χ2v) is 18.1. The molecular formula is C36H54O5S. The van der Waals surface area contributed by atoms with E-state index >= 15 is 0 Å². The van der Waals surface area contributed by atoms with Crippen molar-refractivity contribution in [3.05, 3.63) is 30.3 Å². The van der Waals surface area contributed by atoms with Gasteiger partial charge in [-0.2, -0.15) is 0 Å². The van der Waals surface area contributed by atoms with E-state index < -0.39 is 20.9 Å². The first kappa shape index (κ1) is 29.7. The van der Waals surface area contributed by atoms with Gasteiger partial charge in [0.25, 0.3) is 0 Å². The van der Waals surface area contributed by atoms with Crippen molar-refractivity contribution in [2.75, 3.05) is 19.8 Å². The van der Waals surface area contributed by atoms with E-state index in [0.717, 1.165) is 30.3 Å². The first-order chi connectivity index (χ1) is 20.0. The van der Waals surface area contributed by atoms with E-state index in [-0.39, 0.29) is 5.41 Å². The Morgan fingerprint density at radius 3 is 2.40 bits per heavy atom. The van der Waals surface area contributed by atoms with Crippen LogP contribution >= 0.6 is 0 Å². The average Bonchev–Trinajstić information content (AvgIpc) is 3.18. The van der Waals surface area contributed by atoms with Gasteiger partial charge in [0.2, 0.25) is 0 Å². The van der Waals surface area contributed by atoms with Crippen LogP contribution in [0.2, 0.25) is 0 Å². The number of rotatable bonds is 9. The van der Waals surface area contributed by atoms with E-state index in [1.165, 1.54) is 51.4 Å². The van der Waals surface area contributed by atoms with Crippen LogP contribution in [0.3, 0.4) is 0 Å². The summed E-state index contributed by atoms with van der Waals surface area (Å²) in [6, 6.07) is 9.04. The van der Waals surface area contributed by atoms with Crippen LogP contribution in [0, 0.1) is 51.8 Å². The second-order valence-electron chi connectivity index (χ2n) is 15.9. The molecule has 1 aromatic carbocycles. The maximum Gasteiger partial charge on any atom is 0.181 e. The van der Waals surface area contributed by atoms with Gasteiger partial charge in [-0.05, 0) is 130 Å². The van der Waals surface area contributed by atoms with Gasteiger partial charge in [-0.15, -0.1) is 0 Å². The summed E-state index contributed by atoms with van der Waals surface area (Å²) in [5.41, 5.74) is 1.17. The quantitative estimate of drug-likeness (QED) is 0.292. The second kappa shape index (κ2) is 10.3. The van der Waals surface area contributed by atoms with Gasteiger partial charge in [0.1, 0.15) is 0 Å². The Bertz CT molecular complexity index is 1260. The number of ether oxygens (including phenoxy) is 3. The van der Waals surface area contributed by atoms with Gasteiger partial charge in [0, 0.05) is 18.4 Å². The summed E-state index contributed by atoms with van der Waals surface area (Å²) in [6.07, 6.45) is 12.1. The topological polar surface area (TPSA) is 61.8 Å². The summed E-state index contributed by atoms with van der Waals surface area (Å²) in [4.78, 5) is 0.418. The van der Waals surface area contributed by atoms with Crippen molar-refractivity contribution in [3.63, 3.8) is 0 Å². The summed E-state index contributed by atoms with van der Waals surface area (Å²) in [5, 5.41) is -0.530. The molecule has 7 rings (SSSR count). The molecule has 6 heteroatoms. The Labute approximate surface area is 254 Å². The molecule has 6 fully saturated rings. The van der Waals surface area contributed by atoms with Crippen molar-refractivity contribution in [2.45, 2.75) is 121 Å². The SMILES string of the molecule is CCO[C@@H]1C[C@H]2[C@@H]3CC[C@H]([C@H](C)CC(CC4(C)OCCO4)S(=O)(=O)c4ccccc4)[C@@]3(C)CC[C@@H]2[C@@]2(C)CC[C@@H]3C[C@]312. The van der Waals surface area contributed by atoms with E-state index in [1.807, 2.05) is 25.1 Å². The predicted molar refractivity (Wildman–Crippen MR) is 165 cm³/mol. The van der Waals surface area contributed by atoms with Gasteiger partial charge in [0.05, 0.1) is 29.5 Å². The van der Waals surface area contributed by atoms with Crippen molar-refractivity contribution in [2.24, 2.45) is 51.8 Å². The van der Waals surface area contributed by atoms with Crippen LogP contribution in [0.5, 0.6) is 0 Å². The summed E-state index contributed by atoms with van der Waals surface area (Å²) >= 11 is 0. The highest BCUT2D eigenvalue weighted by Gasteiger charge is 2.77. The molecule has 1 spiro atoms. The first-order valence-corrected chi connectivity index (χ1v) is 18.7. The number of sulfone groups is 1. The maximum absolute atomic E-state index is 14.1. The molecule has 0 N–H and O–H groups in total. The van der Waals surface area contributed by atoms with Crippen molar-refractivity contribution in [3.8, 4) is 0 Å². The van der Waals surface area contributed by atoms with Crippen molar-refractivity contribution >= 4 is 9.84 Å². The minimum atomic E-state index is -3.53. The lowest BCUT2D eigenvalue weighted by atomic mass is 9.45. The smallest absolute Gasteiger partial charge is 0.181 e. The third-order valence-electron chi connectivity index (χ3n) is 14.3. The van der Waals surface area contributed by atoms with Gasteiger partial charge in [-0.25, -0.2) is 8.42 Å². The zero-order valence-electron chi connectivity index (χ0n) is 26.6. The molecular weight excluding hydrogens is 544 g/mol. The highest BCUT2D eigenvalue weighted by Crippen LogP contribution is 2.82. The van der Waals surface area contributed by atoms with E-state index in [1.54, 1.807) is 12.1 Å². The number of hydrogen-bond donors (Lipinski definition) is 0. The van der Waals surface area contributed by atoms with Crippen LogP contribution in [-0.2, 0) is 24.0 Å². The number of hydrogen-bond acceptors (Lipinski definition) is 5. The normalized spacial score (nSPS) is 45.0. The maximum atomic E-state index is 14.1. The third-order valence-corrected chi connectivity index (χ3v) is 16.5. The molecule has 5 nitrogen and oxygen atoms in total. The third kappa shape index (κ3) is 4.27. The Balaban J connectivity index is 1.14. The molecule has 1 heterocycles. The standard InChI is InChI=1S/C36H54O5S/c1-6-39-32-21-28-30-13-12-29(33(30,3)16-15-31(28)34(4)17-14-25-22-36(25,32)34)24(2)20-27(23-35(5)40-18-19-41-35)42(37,38)26-10-8-7-9-11-26/h7-11,24-25,27-32H,6,12-23H2,1-5H3/t24-,25-,27?,28+,29-,30+,31+,32-,33-,34-,36+/m1/s1. The Morgan fingerprint density at radius 1 is 0.976 bits per heavy atom. The Kier molecular flexibility index (Phi) is 7.29. The monoisotopic (exact) mass is 598 g/mol. The average molecular weight is 599 g/mol. The summed E-state index contributed by atoms with van der Waals surface area (Å²) in [7, 11) is -3.53. The van der Waals surface area contributed by atoms with E-state index in [4.69, 9.17) is 14.2 Å². The molecule has 0 aromatic heterocycles. The van der Waals surface area contributed by atoms with E-state index in [2.05, 4.69) is 27.7 Å². The van der Waals surface area contributed by atoms with Gasteiger partial charge in [-0.1, -0.05) is 39.0 Å². The molecule has 0 bridgehead atoms. The lowest BCUT2D eigenvalue weighted by molar-refractivity contribution is -0.167. The van der Waals surface area contributed by atoms with Crippen LogP contribution in [0.25, 0.3) is 0 Å². The van der Waals surface area contributed by atoms with Gasteiger partial charge in [-0.3, -0.25) is 0 Å². The fraction of sp³-hybridized carbons (Fsp3) is 0.833. The predicted octanol–water partition coefficient (Wildman–Crippen LogP) is 7.68. The summed E-state index contributed by atoms with van der Waals surface area (Å²) in [6.45, 7) is 13.6. The van der Waals surface area contributed by atoms with Crippen molar-refractivity contribution in [1.29, 1.82) is 0 Å². The summed E-state index contributed by atoms with van der Waals surface area (Å²) in [5.74, 6) is 3.23. The molecule has 42 heavy (non-hydrogen) atoms. The molecule has 0 radical (unpaired) electrons. The molecule has 5 aliphatic carbocycles. The van der Waals surface area contributed by atoms with Gasteiger partial charge in [0.15, 0.2) is 15.6 Å². The lowest BCUT2D eigenvalue weighted by Gasteiger charge is -2.61. The molecule has 0 amide bonds.